The summed E-state index contributed by atoms with van der Waals surface area (Å²) in [6.07, 6.45) is -1.11. The van der Waals surface area contributed by atoms with Crippen molar-refractivity contribution in [2.75, 3.05) is 0 Å². The van der Waals surface area contributed by atoms with E-state index < -0.39 is 6.09 Å². The van der Waals surface area contributed by atoms with E-state index in [0.29, 0.717) is 6.54 Å². The maximum Gasteiger partial charge on any atom is 0.419 e. The second kappa shape index (κ2) is 7.01. The molecule has 102 valence electrons. The van der Waals surface area contributed by atoms with Gasteiger partial charge in [-0.1, -0.05) is 30.3 Å². The Balaban J connectivity index is 1.91. The largest absolute Gasteiger partial charge is 0.464 e. The molecule has 0 bridgehead atoms. The molecule has 0 saturated heterocycles. The number of benzene rings is 2. The second-order valence-corrected chi connectivity index (χ2v) is 3.99. The Labute approximate surface area is 116 Å². The third-order valence-electron chi connectivity index (χ3n) is 2.46. The number of carboxylic acid groups (broad SMARTS) is 1. The zero-order valence-electron chi connectivity index (χ0n) is 10.7. The van der Waals surface area contributed by atoms with Crippen LogP contribution in [0.4, 0.5) is 16.2 Å². The smallest absolute Gasteiger partial charge is 0.419 e. The fraction of sp³-hybridized carbons (Fsp3) is 0.0714. The SMILES string of the molecule is O=C(O)NNCc1ccc(N=Nc2ccccc2)cc1. The van der Waals surface area contributed by atoms with Crippen LogP contribution in [0.25, 0.3) is 0 Å². The number of hydrogen-bond acceptors (Lipinski definition) is 4. The lowest BCUT2D eigenvalue weighted by Crippen LogP contribution is -2.35. The van der Waals surface area contributed by atoms with Gasteiger partial charge in [0, 0.05) is 6.54 Å². The van der Waals surface area contributed by atoms with Crippen LogP contribution in [0.3, 0.4) is 0 Å². The lowest BCUT2D eigenvalue weighted by molar-refractivity contribution is 0.189. The van der Waals surface area contributed by atoms with Gasteiger partial charge >= 0.3 is 6.09 Å². The molecular weight excluding hydrogens is 256 g/mol. The fourth-order valence-electron chi connectivity index (χ4n) is 1.51. The van der Waals surface area contributed by atoms with Crippen molar-refractivity contribution in [1.82, 2.24) is 10.9 Å². The van der Waals surface area contributed by atoms with E-state index in [0.717, 1.165) is 16.9 Å². The molecule has 1 amide bonds. The Morgan fingerprint density at radius 1 is 0.950 bits per heavy atom. The highest BCUT2D eigenvalue weighted by Crippen LogP contribution is 2.18. The Morgan fingerprint density at radius 2 is 1.55 bits per heavy atom. The minimum Gasteiger partial charge on any atom is -0.464 e. The standard InChI is InChI=1S/C14H14N4O2/c19-14(20)18-15-10-11-6-8-13(9-7-11)17-16-12-4-2-1-3-5-12/h1-9,15,18H,10H2,(H,19,20). The molecule has 0 unspecified atom stereocenters. The molecule has 0 saturated carbocycles. The Hall–Kier alpha value is -2.73. The van der Waals surface area contributed by atoms with Gasteiger partial charge in [-0.15, -0.1) is 0 Å². The van der Waals surface area contributed by atoms with Crippen molar-refractivity contribution < 1.29 is 9.90 Å². The third-order valence-corrected chi connectivity index (χ3v) is 2.46. The van der Waals surface area contributed by atoms with Gasteiger partial charge in [-0.05, 0) is 29.8 Å². The van der Waals surface area contributed by atoms with Crippen LogP contribution in [0.2, 0.25) is 0 Å². The summed E-state index contributed by atoms with van der Waals surface area (Å²) in [7, 11) is 0. The summed E-state index contributed by atoms with van der Waals surface area (Å²) in [5.74, 6) is 0. The molecular formula is C14H14N4O2. The van der Waals surface area contributed by atoms with Gasteiger partial charge in [-0.25, -0.2) is 10.2 Å². The van der Waals surface area contributed by atoms with Crippen LogP contribution in [0, 0.1) is 0 Å². The first-order valence-electron chi connectivity index (χ1n) is 6.01. The molecule has 0 atom stereocenters. The minimum atomic E-state index is -1.11. The van der Waals surface area contributed by atoms with E-state index in [2.05, 4.69) is 21.1 Å². The van der Waals surface area contributed by atoms with E-state index in [4.69, 9.17) is 5.11 Å². The van der Waals surface area contributed by atoms with Gasteiger partial charge in [0.1, 0.15) is 0 Å². The van der Waals surface area contributed by atoms with Crippen molar-refractivity contribution >= 4 is 17.5 Å². The number of azo groups is 1. The van der Waals surface area contributed by atoms with Crippen molar-refractivity contribution in [3.05, 3.63) is 60.2 Å². The lowest BCUT2D eigenvalue weighted by atomic mass is 10.2. The monoisotopic (exact) mass is 270 g/mol. The van der Waals surface area contributed by atoms with Crippen LogP contribution in [0.1, 0.15) is 5.56 Å². The molecule has 0 radical (unpaired) electrons. The van der Waals surface area contributed by atoms with Crippen molar-refractivity contribution in [2.24, 2.45) is 10.2 Å². The van der Waals surface area contributed by atoms with Crippen LogP contribution in [0.5, 0.6) is 0 Å². The molecule has 0 aromatic heterocycles. The topological polar surface area (TPSA) is 86.1 Å². The van der Waals surface area contributed by atoms with Crippen LogP contribution in [-0.4, -0.2) is 11.2 Å². The maximum atomic E-state index is 10.3. The molecule has 0 spiro atoms. The van der Waals surface area contributed by atoms with E-state index in [1.807, 2.05) is 54.6 Å². The average molecular weight is 270 g/mol. The van der Waals surface area contributed by atoms with Gasteiger partial charge in [0.05, 0.1) is 11.4 Å². The van der Waals surface area contributed by atoms with E-state index in [9.17, 15) is 4.79 Å². The maximum absolute atomic E-state index is 10.3. The zero-order chi connectivity index (χ0) is 14.2. The molecule has 0 aliphatic heterocycles. The van der Waals surface area contributed by atoms with E-state index >= 15 is 0 Å². The third kappa shape index (κ3) is 4.51. The molecule has 2 rings (SSSR count). The van der Waals surface area contributed by atoms with Crippen molar-refractivity contribution in [1.29, 1.82) is 0 Å². The normalized spacial score (nSPS) is 10.6. The van der Waals surface area contributed by atoms with Gasteiger partial charge < -0.3 is 5.11 Å². The van der Waals surface area contributed by atoms with E-state index in [1.54, 1.807) is 0 Å². The average Bonchev–Trinajstić information content (AvgIpc) is 2.47. The summed E-state index contributed by atoms with van der Waals surface area (Å²) in [6.45, 7) is 0.405. The van der Waals surface area contributed by atoms with Crippen molar-refractivity contribution in [3.8, 4) is 0 Å². The van der Waals surface area contributed by atoms with Gasteiger partial charge in [0.15, 0.2) is 0 Å². The van der Waals surface area contributed by atoms with Gasteiger partial charge in [0.25, 0.3) is 0 Å². The Bertz CT molecular complexity index is 582. The summed E-state index contributed by atoms with van der Waals surface area (Å²) < 4.78 is 0. The number of hydrazine groups is 1. The predicted molar refractivity (Wildman–Crippen MR) is 75.1 cm³/mol. The number of hydrogen-bond donors (Lipinski definition) is 3. The summed E-state index contributed by atoms with van der Waals surface area (Å²) in [4.78, 5) is 10.3. The van der Waals surface area contributed by atoms with Gasteiger partial charge in [0.2, 0.25) is 0 Å². The second-order valence-electron chi connectivity index (χ2n) is 3.99. The minimum absolute atomic E-state index is 0.405. The highest BCUT2D eigenvalue weighted by molar-refractivity contribution is 5.63. The summed E-state index contributed by atoms with van der Waals surface area (Å²) in [5.41, 5.74) is 7.13. The summed E-state index contributed by atoms with van der Waals surface area (Å²) in [5, 5.41) is 16.6. The zero-order valence-corrected chi connectivity index (χ0v) is 10.7. The van der Waals surface area contributed by atoms with Crippen LogP contribution in [-0.2, 0) is 6.54 Å². The van der Waals surface area contributed by atoms with Crippen molar-refractivity contribution in [2.45, 2.75) is 6.54 Å². The Kier molecular flexibility index (Phi) is 4.80. The molecule has 3 N–H and O–H groups in total. The number of nitrogens with zero attached hydrogens (tertiary/aromatic N) is 2. The van der Waals surface area contributed by atoms with Crippen LogP contribution in [0.15, 0.2) is 64.8 Å². The lowest BCUT2D eigenvalue weighted by Gasteiger charge is -2.03. The van der Waals surface area contributed by atoms with Gasteiger partial charge in [-0.2, -0.15) is 10.2 Å². The number of amides is 1. The molecule has 0 heterocycles. The molecule has 6 heteroatoms. The predicted octanol–water partition coefficient (Wildman–Crippen LogP) is 3.37. The molecule has 2 aromatic carbocycles. The van der Waals surface area contributed by atoms with E-state index in [1.165, 1.54) is 0 Å². The number of rotatable bonds is 5. The first-order valence-corrected chi connectivity index (χ1v) is 6.01. The van der Waals surface area contributed by atoms with E-state index in [-0.39, 0.29) is 0 Å². The fourth-order valence-corrected chi connectivity index (χ4v) is 1.51. The van der Waals surface area contributed by atoms with Gasteiger partial charge in [-0.3, -0.25) is 5.43 Å². The van der Waals surface area contributed by atoms with Crippen molar-refractivity contribution in [3.63, 3.8) is 0 Å². The molecule has 2 aromatic rings. The quantitative estimate of drug-likeness (QED) is 0.575. The van der Waals surface area contributed by atoms with Crippen LogP contribution < -0.4 is 10.9 Å². The Morgan fingerprint density at radius 3 is 2.15 bits per heavy atom. The number of nitrogens with one attached hydrogen (secondary N) is 2. The molecule has 6 nitrogen and oxygen atoms in total. The highest BCUT2D eigenvalue weighted by Gasteiger charge is 1.96. The summed E-state index contributed by atoms with van der Waals surface area (Å²) >= 11 is 0. The summed E-state index contributed by atoms with van der Waals surface area (Å²) in [6, 6.07) is 16.8. The first kappa shape index (κ1) is 13.7. The molecule has 0 aliphatic carbocycles. The van der Waals surface area contributed by atoms with Crippen LogP contribution >= 0.6 is 0 Å². The first-order chi connectivity index (χ1) is 9.74. The molecule has 0 fully saturated rings. The highest BCUT2D eigenvalue weighted by atomic mass is 16.4. The number of carbonyl (C=O) groups is 1. The molecule has 20 heavy (non-hydrogen) atoms. The molecule has 0 aliphatic rings.